The van der Waals surface area contributed by atoms with Crippen LogP contribution < -0.4 is 10.6 Å². The van der Waals surface area contributed by atoms with E-state index in [0.29, 0.717) is 5.11 Å². The maximum Gasteiger partial charge on any atom is 0.167 e. The Morgan fingerprint density at radius 2 is 1.76 bits per heavy atom. The van der Waals surface area contributed by atoms with Crippen molar-refractivity contribution in [3.8, 4) is 0 Å². The van der Waals surface area contributed by atoms with Gasteiger partial charge in [-0.3, -0.25) is 0 Å². The highest BCUT2D eigenvalue weighted by molar-refractivity contribution is 9.10. The van der Waals surface area contributed by atoms with Crippen molar-refractivity contribution in [1.29, 1.82) is 0 Å². The molecule has 110 valence electrons. The summed E-state index contributed by atoms with van der Waals surface area (Å²) in [6.45, 7) is 2.89. The first-order valence-electron chi connectivity index (χ1n) is 7.02. The summed E-state index contributed by atoms with van der Waals surface area (Å²) in [6.07, 6.45) is 0.981. The third kappa shape index (κ3) is 5.14. The zero-order valence-electron chi connectivity index (χ0n) is 12.0. The van der Waals surface area contributed by atoms with E-state index in [0.717, 1.165) is 17.4 Å². The standard InChI is InChI=1S/C17H19BrN2S/c1-2-16(14-8-10-15(18)11-9-14)20-17(21)19-12-13-6-4-3-5-7-13/h3-11,16H,2,12H2,1H3,(H2,19,20,21)/t16-/m1/s1. The van der Waals surface area contributed by atoms with Gasteiger partial charge in [-0.25, -0.2) is 0 Å². The Morgan fingerprint density at radius 1 is 1.10 bits per heavy atom. The molecule has 0 aliphatic heterocycles. The lowest BCUT2D eigenvalue weighted by Gasteiger charge is -2.20. The smallest absolute Gasteiger partial charge is 0.167 e. The van der Waals surface area contributed by atoms with Crippen molar-refractivity contribution >= 4 is 33.3 Å². The predicted octanol–water partition coefficient (Wildman–Crippen LogP) is 4.56. The predicted molar refractivity (Wildman–Crippen MR) is 96.2 cm³/mol. The van der Waals surface area contributed by atoms with Gasteiger partial charge in [0.15, 0.2) is 5.11 Å². The second-order valence-electron chi connectivity index (χ2n) is 4.82. The van der Waals surface area contributed by atoms with Crippen LogP contribution in [-0.4, -0.2) is 5.11 Å². The summed E-state index contributed by atoms with van der Waals surface area (Å²) in [5.74, 6) is 0. The average molecular weight is 363 g/mol. The molecule has 2 aromatic carbocycles. The molecule has 0 bridgehead atoms. The van der Waals surface area contributed by atoms with Crippen molar-refractivity contribution < 1.29 is 0 Å². The molecule has 2 N–H and O–H groups in total. The van der Waals surface area contributed by atoms with E-state index in [2.05, 4.69) is 69.9 Å². The monoisotopic (exact) mass is 362 g/mol. The first-order valence-corrected chi connectivity index (χ1v) is 8.23. The van der Waals surface area contributed by atoms with Gasteiger partial charge in [0.25, 0.3) is 0 Å². The van der Waals surface area contributed by atoms with Crippen molar-refractivity contribution in [1.82, 2.24) is 10.6 Å². The highest BCUT2D eigenvalue weighted by Crippen LogP contribution is 2.19. The lowest BCUT2D eigenvalue weighted by atomic mass is 10.1. The molecule has 0 radical (unpaired) electrons. The van der Waals surface area contributed by atoms with Gasteiger partial charge in [0.1, 0.15) is 0 Å². The highest BCUT2D eigenvalue weighted by atomic mass is 79.9. The third-order valence-electron chi connectivity index (χ3n) is 3.28. The number of hydrogen-bond donors (Lipinski definition) is 2. The minimum absolute atomic E-state index is 0.230. The van der Waals surface area contributed by atoms with E-state index in [1.54, 1.807) is 0 Å². The van der Waals surface area contributed by atoms with Gasteiger partial charge in [-0.1, -0.05) is 65.3 Å². The summed E-state index contributed by atoms with van der Waals surface area (Å²) >= 11 is 8.85. The summed E-state index contributed by atoms with van der Waals surface area (Å²) in [4.78, 5) is 0. The van der Waals surface area contributed by atoms with Gasteiger partial charge in [-0.05, 0) is 41.9 Å². The van der Waals surface area contributed by atoms with Crippen LogP contribution in [-0.2, 0) is 6.54 Å². The fourth-order valence-electron chi connectivity index (χ4n) is 2.10. The Kier molecular flexibility index (Phi) is 6.21. The number of hydrogen-bond acceptors (Lipinski definition) is 1. The normalized spacial score (nSPS) is 11.7. The Bertz CT molecular complexity index is 569. The van der Waals surface area contributed by atoms with Crippen molar-refractivity contribution in [3.63, 3.8) is 0 Å². The van der Waals surface area contributed by atoms with E-state index in [-0.39, 0.29) is 6.04 Å². The first-order chi connectivity index (χ1) is 10.2. The van der Waals surface area contributed by atoms with Crippen LogP contribution in [0.25, 0.3) is 0 Å². The van der Waals surface area contributed by atoms with Gasteiger partial charge >= 0.3 is 0 Å². The summed E-state index contributed by atoms with van der Waals surface area (Å²) in [5.41, 5.74) is 2.46. The molecule has 0 saturated carbocycles. The molecular weight excluding hydrogens is 344 g/mol. The van der Waals surface area contributed by atoms with Crippen molar-refractivity contribution in [3.05, 3.63) is 70.2 Å². The average Bonchev–Trinajstić information content (AvgIpc) is 2.52. The number of rotatable bonds is 5. The Morgan fingerprint density at radius 3 is 2.38 bits per heavy atom. The molecule has 2 nitrogen and oxygen atoms in total. The summed E-state index contributed by atoms with van der Waals surface area (Å²) in [6, 6.07) is 18.8. The molecule has 1 atom stereocenters. The molecule has 0 saturated heterocycles. The lowest BCUT2D eigenvalue weighted by Crippen LogP contribution is -2.37. The van der Waals surface area contributed by atoms with E-state index in [1.165, 1.54) is 11.1 Å². The van der Waals surface area contributed by atoms with Crippen LogP contribution in [0.1, 0.15) is 30.5 Å². The maximum absolute atomic E-state index is 5.39. The molecule has 0 aliphatic carbocycles. The van der Waals surface area contributed by atoms with Crippen LogP contribution in [0.5, 0.6) is 0 Å². The topological polar surface area (TPSA) is 24.1 Å². The van der Waals surface area contributed by atoms with Crippen LogP contribution in [0, 0.1) is 0 Å². The van der Waals surface area contributed by atoms with Crippen molar-refractivity contribution in [2.75, 3.05) is 0 Å². The van der Waals surface area contributed by atoms with Gasteiger partial charge < -0.3 is 10.6 Å². The highest BCUT2D eigenvalue weighted by Gasteiger charge is 2.10. The number of thiocarbonyl (C=S) groups is 1. The van der Waals surface area contributed by atoms with E-state index in [4.69, 9.17) is 12.2 Å². The number of nitrogens with one attached hydrogen (secondary N) is 2. The van der Waals surface area contributed by atoms with E-state index in [9.17, 15) is 0 Å². The molecule has 0 fully saturated rings. The van der Waals surface area contributed by atoms with Gasteiger partial charge in [-0.2, -0.15) is 0 Å². The summed E-state index contributed by atoms with van der Waals surface area (Å²) in [7, 11) is 0. The Balaban J connectivity index is 1.89. The zero-order chi connectivity index (χ0) is 15.1. The maximum atomic E-state index is 5.39. The molecule has 2 rings (SSSR count). The van der Waals surface area contributed by atoms with Crippen LogP contribution >= 0.6 is 28.1 Å². The third-order valence-corrected chi connectivity index (χ3v) is 4.07. The largest absolute Gasteiger partial charge is 0.359 e. The molecule has 0 spiro atoms. The molecule has 0 aromatic heterocycles. The summed E-state index contributed by atoms with van der Waals surface area (Å²) < 4.78 is 1.09. The Labute approximate surface area is 140 Å². The molecule has 0 unspecified atom stereocenters. The van der Waals surface area contributed by atoms with E-state index < -0.39 is 0 Å². The summed E-state index contributed by atoms with van der Waals surface area (Å²) in [5, 5.41) is 7.32. The van der Waals surface area contributed by atoms with Crippen molar-refractivity contribution in [2.24, 2.45) is 0 Å². The number of halogens is 1. The minimum atomic E-state index is 0.230. The van der Waals surface area contributed by atoms with Gasteiger partial charge in [0.2, 0.25) is 0 Å². The van der Waals surface area contributed by atoms with Gasteiger partial charge in [-0.15, -0.1) is 0 Å². The fourth-order valence-corrected chi connectivity index (χ4v) is 2.58. The minimum Gasteiger partial charge on any atom is -0.359 e. The first kappa shape index (κ1) is 16.0. The molecule has 2 aromatic rings. The number of benzene rings is 2. The molecule has 21 heavy (non-hydrogen) atoms. The second kappa shape index (κ2) is 8.15. The van der Waals surface area contributed by atoms with E-state index >= 15 is 0 Å². The molecule has 0 aliphatic rings. The fraction of sp³-hybridized carbons (Fsp3) is 0.235. The second-order valence-corrected chi connectivity index (χ2v) is 6.15. The zero-order valence-corrected chi connectivity index (χ0v) is 14.4. The molecule has 0 heterocycles. The van der Waals surface area contributed by atoms with Crippen molar-refractivity contribution in [2.45, 2.75) is 25.9 Å². The molecule has 4 heteroatoms. The van der Waals surface area contributed by atoms with Crippen LogP contribution in [0.2, 0.25) is 0 Å². The quantitative estimate of drug-likeness (QED) is 0.762. The van der Waals surface area contributed by atoms with E-state index in [1.807, 2.05) is 18.2 Å². The SMILES string of the molecule is CC[C@@H](NC(=S)NCc1ccccc1)c1ccc(Br)cc1. The van der Waals surface area contributed by atoms with Crippen LogP contribution in [0.4, 0.5) is 0 Å². The van der Waals surface area contributed by atoms with Gasteiger partial charge in [0.05, 0.1) is 6.04 Å². The lowest BCUT2D eigenvalue weighted by molar-refractivity contribution is 0.616. The van der Waals surface area contributed by atoms with Crippen LogP contribution in [0.15, 0.2) is 59.1 Å². The molecular formula is C17H19BrN2S. The Hall–Kier alpha value is -1.39. The van der Waals surface area contributed by atoms with Crippen LogP contribution in [0.3, 0.4) is 0 Å². The van der Waals surface area contributed by atoms with Gasteiger partial charge in [0, 0.05) is 11.0 Å². The molecule has 0 amide bonds.